The SMILES string of the molecule is CCOc1cc(/C=N\NC(=O)c2cccc(I)c2)ccc1OCc1cccc2ccccc12. The van der Waals surface area contributed by atoms with Crippen molar-refractivity contribution in [2.45, 2.75) is 13.5 Å². The smallest absolute Gasteiger partial charge is 0.271 e. The van der Waals surface area contributed by atoms with E-state index >= 15 is 0 Å². The highest BCUT2D eigenvalue weighted by Crippen LogP contribution is 2.30. The van der Waals surface area contributed by atoms with Crippen LogP contribution in [-0.2, 0) is 6.61 Å². The van der Waals surface area contributed by atoms with Crippen LogP contribution < -0.4 is 14.9 Å². The number of benzene rings is 4. The topological polar surface area (TPSA) is 59.9 Å². The number of nitrogens with zero attached hydrogens (tertiary/aromatic N) is 1. The number of carbonyl (C=O) groups excluding carboxylic acids is 1. The molecule has 0 aromatic heterocycles. The van der Waals surface area contributed by atoms with Crippen molar-refractivity contribution in [1.29, 1.82) is 0 Å². The zero-order valence-corrected chi connectivity index (χ0v) is 20.3. The van der Waals surface area contributed by atoms with Crippen LogP contribution in [0, 0.1) is 3.57 Å². The van der Waals surface area contributed by atoms with Gasteiger partial charge in [0.2, 0.25) is 0 Å². The number of carbonyl (C=O) groups is 1. The Morgan fingerprint density at radius 1 is 0.939 bits per heavy atom. The minimum Gasteiger partial charge on any atom is -0.490 e. The number of nitrogens with one attached hydrogen (secondary N) is 1. The lowest BCUT2D eigenvalue weighted by Crippen LogP contribution is -2.17. The van der Waals surface area contributed by atoms with E-state index in [4.69, 9.17) is 9.47 Å². The maximum atomic E-state index is 12.3. The minimum atomic E-state index is -0.259. The zero-order valence-electron chi connectivity index (χ0n) is 18.1. The number of fused-ring (bicyclic) bond motifs is 1. The fourth-order valence-electron chi connectivity index (χ4n) is 3.43. The first-order valence-corrected chi connectivity index (χ1v) is 11.7. The molecule has 0 aliphatic carbocycles. The van der Waals surface area contributed by atoms with E-state index in [1.54, 1.807) is 18.3 Å². The Labute approximate surface area is 206 Å². The van der Waals surface area contributed by atoms with Gasteiger partial charge in [-0.05, 0) is 87.8 Å². The molecule has 6 heteroatoms. The monoisotopic (exact) mass is 550 g/mol. The molecule has 4 rings (SSSR count). The van der Waals surface area contributed by atoms with Crippen LogP contribution in [-0.4, -0.2) is 18.7 Å². The summed E-state index contributed by atoms with van der Waals surface area (Å²) in [6.07, 6.45) is 1.59. The molecule has 1 amide bonds. The van der Waals surface area contributed by atoms with Crippen molar-refractivity contribution in [1.82, 2.24) is 5.43 Å². The molecule has 0 bridgehead atoms. The van der Waals surface area contributed by atoms with Crippen LogP contribution in [0.2, 0.25) is 0 Å². The summed E-state index contributed by atoms with van der Waals surface area (Å²) >= 11 is 2.17. The largest absolute Gasteiger partial charge is 0.490 e. The van der Waals surface area contributed by atoms with Gasteiger partial charge in [0.05, 0.1) is 12.8 Å². The van der Waals surface area contributed by atoms with E-state index in [0.717, 1.165) is 14.7 Å². The number of hydrogen-bond donors (Lipinski definition) is 1. The molecule has 166 valence electrons. The van der Waals surface area contributed by atoms with Crippen molar-refractivity contribution in [2.75, 3.05) is 6.61 Å². The van der Waals surface area contributed by atoms with Crippen LogP contribution in [0.5, 0.6) is 11.5 Å². The van der Waals surface area contributed by atoms with Crippen LogP contribution in [0.15, 0.2) is 90.0 Å². The number of rotatable bonds is 8. The number of halogens is 1. The van der Waals surface area contributed by atoms with Crippen molar-refractivity contribution in [3.8, 4) is 11.5 Å². The van der Waals surface area contributed by atoms with E-state index in [9.17, 15) is 4.79 Å². The molecule has 1 N–H and O–H groups in total. The van der Waals surface area contributed by atoms with Gasteiger partial charge in [0.15, 0.2) is 11.5 Å². The van der Waals surface area contributed by atoms with E-state index in [1.807, 2.05) is 55.5 Å². The van der Waals surface area contributed by atoms with Crippen LogP contribution in [0.3, 0.4) is 0 Å². The predicted molar refractivity (Wildman–Crippen MR) is 140 cm³/mol. The third kappa shape index (κ3) is 5.90. The average molecular weight is 550 g/mol. The second-order valence-electron chi connectivity index (χ2n) is 7.28. The molecule has 5 nitrogen and oxygen atoms in total. The Morgan fingerprint density at radius 2 is 1.76 bits per heavy atom. The quantitative estimate of drug-likeness (QED) is 0.162. The number of amides is 1. The van der Waals surface area contributed by atoms with E-state index in [0.29, 0.717) is 30.3 Å². The van der Waals surface area contributed by atoms with E-state index in [-0.39, 0.29) is 5.91 Å². The Kier molecular flexibility index (Phi) is 7.57. The van der Waals surface area contributed by atoms with Gasteiger partial charge in [-0.25, -0.2) is 5.43 Å². The number of hydrazone groups is 1. The zero-order chi connectivity index (χ0) is 23.0. The first-order valence-electron chi connectivity index (χ1n) is 10.6. The summed E-state index contributed by atoms with van der Waals surface area (Å²) in [6.45, 7) is 2.87. The van der Waals surface area contributed by atoms with Gasteiger partial charge in [-0.15, -0.1) is 0 Å². The van der Waals surface area contributed by atoms with Crippen LogP contribution in [0.1, 0.15) is 28.4 Å². The van der Waals surface area contributed by atoms with E-state index < -0.39 is 0 Å². The molecule has 0 unspecified atom stereocenters. The average Bonchev–Trinajstić information content (AvgIpc) is 2.83. The van der Waals surface area contributed by atoms with Gasteiger partial charge in [0, 0.05) is 9.13 Å². The Bertz CT molecular complexity index is 1300. The van der Waals surface area contributed by atoms with Crippen molar-refractivity contribution in [3.63, 3.8) is 0 Å². The summed E-state index contributed by atoms with van der Waals surface area (Å²) in [6, 6.07) is 27.4. The number of ether oxygens (including phenoxy) is 2. The molecule has 0 saturated carbocycles. The third-order valence-corrected chi connectivity index (χ3v) is 5.67. The molecular weight excluding hydrogens is 527 g/mol. The molecule has 4 aromatic carbocycles. The molecule has 0 fully saturated rings. The lowest BCUT2D eigenvalue weighted by atomic mass is 10.1. The van der Waals surface area contributed by atoms with Gasteiger partial charge in [-0.3, -0.25) is 4.79 Å². The third-order valence-electron chi connectivity index (χ3n) is 5.00. The number of hydrogen-bond acceptors (Lipinski definition) is 4. The summed E-state index contributed by atoms with van der Waals surface area (Å²) in [4.78, 5) is 12.3. The second-order valence-corrected chi connectivity index (χ2v) is 8.52. The van der Waals surface area contributed by atoms with Crippen molar-refractivity contribution >= 4 is 45.5 Å². The van der Waals surface area contributed by atoms with E-state index in [2.05, 4.69) is 57.4 Å². The standard InChI is InChI=1S/C27H23IN2O3/c1-2-32-26-15-19(17-29-30-27(31)21-9-6-11-23(28)16-21)13-14-25(26)33-18-22-10-5-8-20-7-3-4-12-24(20)22/h3-17H,2,18H2,1H3,(H,30,31)/b29-17-. The van der Waals surface area contributed by atoms with Crippen LogP contribution in [0.25, 0.3) is 10.8 Å². The molecule has 0 saturated heterocycles. The highest BCUT2D eigenvalue weighted by atomic mass is 127. The van der Waals surface area contributed by atoms with E-state index in [1.165, 1.54) is 10.8 Å². The summed E-state index contributed by atoms with van der Waals surface area (Å²) < 4.78 is 12.9. The fourth-order valence-corrected chi connectivity index (χ4v) is 3.97. The van der Waals surface area contributed by atoms with Crippen molar-refractivity contribution < 1.29 is 14.3 Å². The molecule has 33 heavy (non-hydrogen) atoms. The lowest BCUT2D eigenvalue weighted by molar-refractivity contribution is 0.0955. The highest BCUT2D eigenvalue weighted by molar-refractivity contribution is 14.1. The minimum absolute atomic E-state index is 0.259. The van der Waals surface area contributed by atoms with Crippen LogP contribution in [0.4, 0.5) is 0 Å². The summed E-state index contributed by atoms with van der Waals surface area (Å²) in [5.74, 6) is 1.03. The molecule has 0 aliphatic heterocycles. The van der Waals surface area contributed by atoms with Gasteiger partial charge in [-0.2, -0.15) is 5.10 Å². The first-order chi connectivity index (χ1) is 16.1. The van der Waals surface area contributed by atoms with Gasteiger partial charge in [0.1, 0.15) is 6.61 Å². The Hall–Kier alpha value is -3.39. The van der Waals surface area contributed by atoms with Gasteiger partial charge >= 0.3 is 0 Å². The molecular formula is C27H23IN2O3. The summed E-state index contributed by atoms with van der Waals surface area (Å²) in [7, 11) is 0. The van der Waals surface area contributed by atoms with Crippen molar-refractivity contribution in [2.24, 2.45) is 5.10 Å². The normalized spacial score (nSPS) is 11.0. The second kappa shape index (κ2) is 11.0. The van der Waals surface area contributed by atoms with Gasteiger partial charge < -0.3 is 9.47 Å². The first kappa shape index (κ1) is 22.8. The summed E-state index contributed by atoms with van der Waals surface area (Å²) in [5, 5.41) is 6.44. The maximum Gasteiger partial charge on any atom is 0.271 e. The highest BCUT2D eigenvalue weighted by Gasteiger charge is 2.09. The molecule has 0 spiro atoms. The maximum absolute atomic E-state index is 12.3. The van der Waals surface area contributed by atoms with Crippen molar-refractivity contribution in [3.05, 3.63) is 105 Å². The molecule has 4 aromatic rings. The Morgan fingerprint density at radius 3 is 2.61 bits per heavy atom. The lowest BCUT2D eigenvalue weighted by Gasteiger charge is -2.13. The molecule has 0 radical (unpaired) electrons. The van der Waals surface area contributed by atoms with Gasteiger partial charge in [0.25, 0.3) is 5.91 Å². The predicted octanol–water partition coefficient (Wildman–Crippen LogP) is 6.19. The van der Waals surface area contributed by atoms with Gasteiger partial charge in [-0.1, -0.05) is 48.5 Å². The molecule has 0 heterocycles. The van der Waals surface area contributed by atoms with Crippen LogP contribution >= 0.6 is 22.6 Å². The molecule has 0 aliphatic rings. The Balaban J connectivity index is 1.45. The fraction of sp³-hybridized carbons (Fsp3) is 0.111. The summed E-state index contributed by atoms with van der Waals surface area (Å²) in [5.41, 5.74) is 5.02. The molecule has 0 atom stereocenters.